The van der Waals surface area contributed by atoms with Gasteiger partial charge in [0.1, 0.15) is 5.69 Å². The Balaban J connectivity index is 2.24. The van der Waals surface area contributed by atoms with Crippen LogP contribution in [0, 0.1) is 0 Å². The van der Waals surface area contributed by atoms with E-state index in [-0.39, 0.29) is 33.2 Å². The van der Waals surface area contributed by atoms with Gasteiger partial charge in [0.05, 0.1) is 23.3 Å². The Labute approximate surface area is 151 Å². The third-order valence-electron chi connectivity index (χ3n) is 3.80. The third-order valence-corrected chi connectivity index (χ3v) is 4.04. The van der Waals surface area contributed by atoms with Gasteiger partial charge >= 0.3 is 6.18 Å². The van der Waals surface area contributed by atoms with Crippen LogP contribution in [0.5, 0.6) is 0 Å². The van der Waals surface area contributed by atoms with E-state index in [0.29, 0.717) is 0 Å². The SMILES string of the molecule is Cn1cnc(-c2cc(C(O)O)ccn2)c1-c1ccc(Cl)cc1C(F)(F)F. The van der Waals surface area contributed by atoms with E-state index in [9.17, 15) is 23.4 Å². The van der Waals surface area contributed by atoms with Crippen molar-refractivity contribution in [3.05, 3.63) is 59.0 Å². The second kappa shape index (κ2) is 6.71. The Kier molecular flexibility index (Phi) is 4.74. The van der Waals surface area contributed by atoms with Crippen molar-refractivity contribution in [1.82, 2.24) is 14.5 Å². The molecular formula is C17H13ClF3N3O2. The Morgan fingerprint density at radius 2 is 1.85 bits per heavy atom. The molecule has 0 saturated carbocycles. The van der Waals surface area contributed by atoms with Gasteiger partial charge in [-0.3, -0.25) is 4.98 Å². The van der Waals surface area contributed by atoms with Gasteiger partial charge in [-0.05, 0) is 24.3 Å². The maximum atomic E-state index is 13.5. The highest BCUT2D eigenvalue weighted by Gasteiger charge is 2.35. The molecule has 0 fully saturated rings. The Bertz CT molecular complexity index is 955. The van der Waals surface area contributed by atoms with Gasteiger partial charge in [0.15, 0.2) is 6.29 Å². The molecule has 0 spiro atoms. The summed E-state index contributed by atoms with van der Waals surface area (Å²) < 4.78 is 41.9. The smallest absolute Gasteiger partial charge is 0.364 e. The minimum absolute atomic E-state index is 0.0340. The number of hydrogen-bond donors (Lipinski definition) is 2. The Hall–Kier alpha value is -2.42. The number of alkyl halides is 3. The van der Waals surface area contributed by atoms with E-state index in [1.165, 1.54) is 41.4 Å². The number of imidazole rings is 1. The van der Waals surface area contributed by atoms with Crippen LogP contribution in [0.25, 0.3) is 22.6 Å². The molecule has 3 aromatic rings. The molecule has 3 rings (SSSR count). The number of benzene rings is 1. The molecule has 0 atom stereocenters. The molecular weight excluding hydrogens is 371 g/mol. The molecule has 9 heteroatoms. The van der Waals surface area contributed by atoms with Gasteiger partial charge in [0.2, 0.25) is 0 Å². The van der Waals surface area contributed by atoms with Crippen molar-refractivity contribution >= 4 is 11.6 Å². The number of aromatic nitrogens is 3. The highest BCUT2D eigenvalue weighted by atomic mass is 35.5. The van der Waals surface area contributed by atoms with Gasteiger partial charge in [-0.1, -0.05) is 17.7 Å². The summed E-state index contributed by atoms with van der Waals surface area (Å²) in [7, 11) is 1.56. The van der Waals surface area contributed by atoms with E-state index >= 15 is 0 Å². The molecule has 2 aromatic heterocycles. The topological polar surface area (TPSA) is 71.2 Å². The number of hydrogen-bond acceptors (Lipinski definition) is 4. The zero-order valence-electron chi connectivity index (χ0n) is 13.4. The molecule has 0 saturated heterocycles. The van der Waals surface area contributed by atoms with Crippen LogP contribution in [-0.2, 0) is 13.2 Å². The van der Waals surface area contributed by atoms with Crippen LogP contribution >= 0.6 is 11.6 Å². The zero-order valence-corrected chi connectivity index (χ0v) is 14.1. The van der Waals surface area contributed by atoms with Crippen molar-refractivity contribution in [1.29, 1.82) is 0 Å². The summed E-state index contributed by atoms with van der Waals surface area (Å²) in [6.45, 7) is 0. The largest absolute Gasteiger partial charge is 0.417 e. The first-order valence-corrected chi connectivity index (χ1v) is 7.77. The number of halogens is 4. The number of nitrogens with zero attached hydrogens (tertiary/aromatic N) is 3. The molecule has 0 aliphatic heterocycles. The molecule has 0 amide bonds. The van der Waals surface area contributed by atoms with Crippen molar-refractivity contribution in [3.63, 3.8) is 0 Å². The predicted octanol–water partition coefficient (Wildman–Crippen LogP) is 3.80. The first-order chi connectivity index (χ1) is 12.2. The summed E-state index contributed by atoms with van der Waals surface area (Å²) >= 11 is 5.75. The van der Waals surface area contributed by atoms with E-state index in [0.717, 1.165) is 6.07 Å². The van der Waals surface area contributed by atoms with Crippen molar-refractivity contribution in [2.45, 2.75) is 12.5 Å². The fourth-order valence-electron chi connectivity index (χ4n) is 2.63. The van der Waals surface area contributed by atoms with Gasteiger partial charge in [-0.2, -0.15) is 13.2 Å². The first kappa shape index (κ1) is 18.4. The number of pyridine rings is 1. The number of aliphatic hydroxyl groups is 2. The van der Waals surface area contributed by atoms with Gasteiger partial charge in [0, 0.05) is 29.4 Å². The normalized spacial score (nSPS) is 12.0. The van der Waals surface area contributed by atoms with Crippen molar-refractivity contribution in [2.75, 3.05) is 0 Å². The van der Waals surface area contributed by atoms with Gasteiger partial charge in [-0.15, -0.1) is 0 Å². The molecule has 26 heavy (non-hydrogen) atoms. The summed E-state index contributed by atoms with van der Waals surface area (Å²) in [5.41, 5.74) is -0.260. The van der Waals surface area contributed by atoms with Crippen LogP contribution in [0.15, 0.2) is 42.9 Å². The molecule has 0 unspecified atom stereocenters. The van der Waals surface area contributed by atoms with Crippen LogP contribution in [0.3, 0.4) is 0 Å². The molecule has 1 aromatic carbocycles. The van der Waals surface area contributed by atoms with Gasteiger partial charge < -0.3 is 14.8 Å². The monoisotopic (exact) mass is 383 g/mol. The molecule has 0 aliphatic carbocycles. The van der Waals surface area contributed by atoms with E-state index < -0.39 is 18.0 Å². The van der Waals surface area contributed by atoms with E-state index in [2.05, 4.69) is 9.97 Å². The summed E-state index contributed by atoms with van der Waals surface area (Å²) in [4.78, 5) is 8.24. The molecule has 136 valence electrons. The van der Waals surface area contributed by atoms with Gasteiger partial charge in [-0.25, -0.2) is 4.98 Å². The Morgan fingerprint density at radius 3 is 2.50 bits per heavy atom. The molecule has 0 radical (unpaired) electrons. The summed E-state index contributed by atoms with van der Waals surface area (Å²) in [6.07, 6.45) is -3.65. The van der Waals surface area contributed by atoms with E-state index in [1.54, 1.807) is 7.05 Å². The minimum Gasteiger partial charge on any atom is -0.364 e. The van der Waals surface area contributed by atoms with Crippen LogP contribution in [0.1, 0.15) is 17.4 Å². The maximum absolute atomic E-state index is 13.5. The minimum atomic E-state index is -4.61. The number of aryl methyl sites for hydroxylation is 1. The summed E-state index contributed by atoms with van der Waals surface area (Å²) in [6, 6.07) is 6.25. The molecule has 0 aliphatic rings. The number of rotatable bonds is 3. The predicted molar refractivity (Wildman–Crippen MR) is 89.1 cm³/mol. The number of aliphatic hydroxyl groups excluding tert-OH is 1. The van der Waals surface area contributed by atoms with Crippen molar-refractivity contribution in [2.24, 2.45) is 7.05 Å². The Morgan fingerprint density at radius 1 is 1.12 bits per heavy atom. The van der Waals surface area contributed by atoms with Crippen LogP contribution in [-0.4, -0.2) is 24.7 Å². The molecule has 0 bridgehead atoms. The van der Waals surface area contributed by atoms with Crippen LogP contribution in [0.4, 0.5) is 13.2 Å². The highest BCUT2D eigenvalue weighted by molar-refractivity contribution is 6.30. The van der Waals surface area contributed by atoms with Crippen LogP contribution < -0.4 is 0 Å². The van der Waals surface area contributed by atoms with Gasteiger partial charge in [0.25, 0.3) is 0 Å². The standard InChI is InChI=1S/C17H13ClF3N3O2/c1-24-8-23-14(13-6-9(16(25)26)4-5-22-13)15(24)11-3-2-10(18)7-12(11)17(19,20)21/h2-8,16,25-26H,1H3. The van der Waals surface area contributed by atoms with Crippen molar-refractivity contribution in [3.8, 4) is 22.6 Å². The first-order valence-electron chi connectivity index (χ1n) is 7.39. The van der Waals surface area contributed by atoms with E-state index in [1.807, 2.05) is 0 Å². The lowest BCUT2D eigenvalue weighted by molar-refractivity contribution is -0.137. The van der Waals surface area contributed by atoms with Crippen molar-refractivity contribution < 1.29 is 23.4 Å². The average Bonchev–Trinajstić information content (AvgIpc) is 2.96. The molecule has 2 heterocycles. The fraction of sp³-hybridized carbons (Fsp3) is 0.176. The zero-order chi connectivity index (χ0) is 19.1. The second-order valence-electron chi connectivity index (χ2n) is 5.59. The van der Waals surface area contributed by atoms with Crippen LogP contribution in [0.2, 0.25) is 5.02 Å². The lowest BCUT2D eigenvalue weighted by Crippen LogP contribution is -2.09. The second-order valence-corrected chi connectivity index (χ2v) is 6.02. The third kappa shape index (κ3) is 3.44. The maximum Gasteiger partial charge on any atom is 0.417 e. The fourth-order valence-corrected chi connectivity index (χ4v) is 2.80. The quantitative estimate of drug-likeness (QED) is 0.675. The highest BCUT2D eigenvalue weighted by Crippen LogP contribution is 2.41. The molecule has 5 nitrogen and oxygen atoms in total. The summed E-state index contributed by atoms with van der Waals surface area (Å²) in [5, 5.41) is 18.6. The average molecular weight is 384 g/mol. The lowest BCUT2D eigenvalue weighted by Gasteiger charge is -2.15. The lowest BCUT2D eigenvalue weighted by atomic mass is 10.0. The molecule has 2 N–H and O–H groups in total. The van der Waals surface area contributed by atoms with E-state index in [4.69, 9.17) is 11.6 Å². The summed E-state index contributed by atoms with van der Waals surface area (Å²) in [5.74, 6) is 0.